The van der Waals surface area contributed by atoms with Crippen molar-refractivity contribution in [2.24, 2.45) is 11.3 Å². The third-order valence-electron chi connectivity index (χ3n) is 2.82. The van der Waals surface area contributed by atoms with Crippen LogP contribution in [0.15, 0.2) is 24.8 Å². The van der Waals surface area contributed by atoms with Gasteiger partial charge in [0.25, 0.3) is 0 Å². The topological polar surface area (TPSA) is 20.2 Å². The molecule has 3 unspecified atom stereocenters. The van der Waals surface area contributed by atoms with E-state index in [0.29, 0.717) is 5.92 Å². The summed E-state index contributed by atoms with van der Waals surface area (Å²) in [5, 5.41) is 9.55. The van der Waals surface area contributed by atoms with Crippen molar-refractivity contribution < 1.29 is 5.11 Å². The van der Waals surface area contributed by atoms with E-state index in [9.17, 15) is 5.11 Å². The van der Waals surface area contributed by atoms with E-state index in [1.54, 1.807) is 0 Å². The van der Waals surface area contributed by atoms with E-state index in [4.69, 9.17) is 0 Å². The average molecular weight is 136 g/mol. The van der Waals surface area contributed by atoms with Crippen molar-refractivity contribution >= 4 is 0 Å². The van der Waals surface area contributed by atoms with E-state index in [2.05, 4.69) is 18.7 Å². The first-order valence-electron chi connectivity index (χ1n) is 3.78. The maximum absolute atomic E-state index is 9.55. The Balaban J connectivity index is 2.36. The summed E-state index contributed by atoms with van der Waals surface area (Å²) in [7, 11) is 0. The second-order valence-corrected chi connectivity index (χ2v) is 3.39. The maximum Gasteiger partial charge on any atom is 0.0671 e. The molecule has 0 aromatic carbocycles. The number of allylic oxidation sites excluding steroid dienone is 1. The largest absolute Gasteiger partial charge is 0.392 e. The molecule has 1 saturated carbocycles. The second kappa shape index (κ2) is 1.73. The van der Waals surface area contributed by atoms with Gasteiger partial charge in [-0.25, -0.2) is 0 Å². The van der Waals surface area contributed by atoms with E-state index in [1.165, 1.54) is 0 Å². The predicted molar refractivity (Wildman–Crippen MR) is 40.5 cm³/mol. The average Bonchev–Trinajstić information content (AvgIpc) is 2.44. The summed E-state index contributed by atoms with van der Waals surface area (Å²) in [5.41, 5.74) is -0.0509. The Morgan fingerprint density at radius 3 is 2.80 bits per heavy atom. The summed E-state index contributed by atoms with van der Waals surface area (Å²) < 4.78 is 0. The fourth-order valence-corrected chi connectivity index (χ4v) is 2.11. The Morgan fingerprint density at radius 1 is 1.70 bits per heavy atom. The Bertz CT molecular complexity index is 195. The number of hydrogen-bond acceptors (Lipinski definition) is 1. The molecule has 1 nitrogen and oxygen atoms in total. The first-order valence-corrected chi connectivity index (χ1v) is 3.78. The highest BCUT2D eigenvalue weighted by Gasteiger charge is 2.45. The third-order valence-corrected chi connectivity index (χ3v) is 2.82. The third kappa shape index (κ3) is 0.562. The van der Waals surface area contributed by atoms with Gasteiger partial charge in [-0.2, -0.15) is 0 Å². The lowest BCUT2D eigenvalue weighted by Crippen LogP contribution is -2.24. The van der Waals surface area contributed by atoms with Gasteiger partial charge in [-0.1, -0.05) is 18.2 Å². The Labute approximate surface area is 61.1 Å². The Kier molecular flexibility index (Phi) is 1.07. The minimum absolute atomic E-state index is 0.0509. The molecule has 0 amide bonds. The zero-order valence-electron chi connectivity index (χ0n) is 5.96. The Hall–Kier alpha value is -0.560. The van der Waals surface area contributed by atoms with Crippen LogP contribution >= 0.6 is 0 Å². The highest BCUT2D eigenvalue weighted by Crippen LogP contribution is 2.49. The van der Waals surface area contributed by atoms with Crippen molar-refractivity contribution in [3.63, 3.8) is 0 Å². The zero-order chi connectivity index (χ0) is 7.19. The second-order valence-electron chi connectivity index (χ2n) is 3.39. The van der Waals surface area contributed by atoms with Crippen LogP contribution in [0.1, 0.15) is 12.8 Å². The van der Waals surface area contributed by atoms with Gasteiger partial charge < -0.3 is 5.11 Å². The van der Waals surface area contributed by atoms with Crippen molar-refractivity contribution in [3.8, 4) is 0 Å². The van der Waals surface area contributed by atoms with Crippen LogP contribution in [0.2, 0.25) is 0 Å². The molecular formula is C9H12O. The summed E-state index contributed by atoms with van der Waals surface area (Å²) in [6.07, 6.45) is 8.05. The lowest BCUT2D eigenvalue weighted by molar-refractivity contribution is 0.113. The van der Waals surface area contributed by atoms with Crippen LogP contribution in [0.25, 0.3) is 0 Å². The van der Waals surface area contributed by atoms with Crippen LogP contribution in [0.4, 0.5) is 0 Å². The van der Waals surface area contributed by atoms with Crippen LogP contribution in [-0.4, -0.2) is 11.2 Å². The molecule has 0 aromatic heterocycles. The standard InChI is InChI=1S/C9H12O/c1-2-9-4-3-7(6-9)5-8(9)10/h2-4,7-8,10H,1,5-6H2. The van der Waals surface area contributed by atoms with Gasteiger partial charge in [0.05, 0.1) is 6.10 Å². The molecule has 1 heteroatoms. The van der Waals surface area contributed by atoms with Crippen molar-refractivity contribution in [2.75, 3.05) is 0 Å². The van der Waals surface area contributed by atoms with Crippen LogP contribution in [0.3, 0.4) is 0 Å². The fraction of sp³-hybridized carbons (Fsp3) is 0.556. The van der Waals surface area contributed by atoms with Crippen molar-refractivity contribution in [1.82, 2.24) is 0 Å². The lowest BCUT2D eigenvalue weighted by atomic mass is 9.86. The molecule has 54 valence electrons. The fourth-order valence-electron chi connectivity index (χ4n) is 2.11. The van der Waals surface area contributed by atoms with Crippen molar-refractivity contribution in [1.29, 1.82) is 0 Å². The Morgan fingerprint density at radius 2 is 2.50 bits per heavy atom. The zero-order valence-corrected chi connectivity index (χ0v) is 5.96. The van der Waals surface area contributed by atoms with Gasteiger partial charge >= 0.3 is 0 Å². The molecule has 2 rings (SSSR count). The van der Waals surface area contributed by atoms with E-state index in [-0.39, 0.29) is 11.5 Å². The van der Waals surface area contributed by atoms with E-state index < -0.39 is 0 Å². The van der Waals surface area contributed by atoms with E-state index >= 15 is 0 Å². The van der Waals surface area contributed by atoms with E-state index in [1.807, 2.05) is 6.08 Å². The highest BCUT2D eigenvalue weighted by atomic mass is 16.3. The van der Waals surface area contributed by atoms with Gasteiger partial charge in [0.2, 0.25) is 0 Å². The molecule has 0 saturated heterocycles. The molecule has 0 spiro atoms. The monoisotopic (exact) mass is 136 g/mol. The normalized spacial score (nSPS) is 50.1. The molecule has 2 aliphatic carbocycles. The number of fused-ring (bicyclic) bond motifs is 2. The SMILES string of the molecule is C=CC12C=CC(CC1O)C2. The number of aliphatic hydroxyl groups is 1. The molecule has 0 aliphatic heterocycles. The molecular weight excluding hydrogens is 124 g/mol. The summed E-state index contributed by atoms with van der Waals surface area (Å²) >= 11 is 0. The molecule has 1 N–H and O–H groups in total. The highest BCUT2D eigenvalue weighted by molar-refractivity contribution is 5.25. The molecule has 0 heterocycles. The van der Waals surface area contributed by atoms with Crippen LogP contribution in [0.5, 0.6) is 0 Å². The van der Waals surface area contributed by atoms with Crippen molar-refractivity contribution in [3.05, 3.63) is 24.8 Å². The smallest absolute Gasteiger partial charge is 0.0671 e. The molecule has 2 aliphatic rings. The number of hydrogen-bond donors (Lipinski definition) is 1. The minimum atomic E-state index is -0.167. The van der Waals surface area contributed by atoms with Crippen molar-refractivity contribution in [2.45, 2.75) is 18.9 Å². The van der Waals surface area contributed by atoms with Gasteiger partial charge in [-0.3, -0.25) is 0 Å². The summed E-state index contributed by atoms with van der Waals surface area (Å²) in [4.78, 5) is 0. The number of rotatable bonds is 1. The minimum Gasteiger partial charge on any atom is -0.392 e. The van der Waals surface area contributed by atoms with Gasteiger partial charge in [-0.05, 0) is 18.8 Å². The van der Waals surface area contributed by atoms with Crippen LogP contribution in [-0.2, 0) is 0 Å². The quantitative estimate of drug-likeness (QED) is 0.541. The van der Waals surface area contributed by atoms with Crippen LogP contribution < -0.4 is 0 Å². The van der Waals surface area contributed by atoms with Gasteiger partial charge in [0, 0.05) is 5.41 Å². The summed E-state index contributed by atoms with van der Waals surface area (Å²) in [6, 6.07) is 0. The molecule has 3 atom stereocenters. The maximum atomic E-state index is 9.55. The first kappa shape index (κ1) is 6.17. The molecule has 10 heavy (non-hydrogen) atoms. The van der Waals surface area contributed by atoms with Gasteiger partial charge in [0.15, 0.2) is 0 Å². The summed E-state index contributed by atoms with van der Waals surface area (Å²) in [5.74, 6) is 0.619. The van der Waals surface area contributed by atoms with Gasteiger partial charge in [0.1, 0.15) is 0 Å². The first-order chi connectivity index (χ1) is 4.77. The molecule has 2 bridgehead atoms. The van der Waals surface area contributed by atoms with E-state index in [0.717, 1.165) is 12.8 Å². The van der Waals surface area contributed by atoms with Crippen LogP contribution in [0, 0.1) is 11.3 Å². The van der Waals surface area contributed by atoms with Gasteiger partial charge in [-0.15, -0.1) is 6.58 Å². The lowest BCUT2D eigenvalue weighted by Gasteiger charge is -2.23. The molecule has 0 aromatic rings. The number of aliphatic hydroxyl groups excluding tert-OH is 1. The summed E-state index contributed by atoms with van der Waals surface area (Å²) in [6.45, 7) is 3.75. The molecule has 1 fully saturated rings. The molecule has 0 radical (unpaired) electrons. The predicted octanol–water partition coefficient (Wildman–Crippen LogP) is 1.50.